The summed E-state index contributed by atoms with van der Waals surface area (Å²) in [4.78, 5) is 0. The maximum atomic E-state index is 5.36. The van der Waals surface area contributed by atoms with Crippen LogP contribution in [0.25, 0.3) is 0 Å². The molecule has 0 bridgehead atoms. The number of rotatable bonds is 8. The molecule has 0 fully saturated rings. The fourth-order valence-corrected chi connectivity index (χ4v) is 1.65. The Labute approximate surface area is 83.1 Å². The summed E-state index contributed by atoms with van der Waals surface area (Å²) in [5.74, 6) is 1.57. The Balaban J connectivity index is 3.53. The molecule has 0 aromatic rings. The van der Waals surface area contributed by atoms with Crippen LogP contribution in [0, 0.1) is 11.8 Å². The summed E-state index contributed by atoms with van der Waals surface area (Å²) in [6.07, 6.45) is 2.49. The van der Waals surface area contributed by atoms with E-state index in [-0.39, 0.29) is 0 Å². The molecule has 0 aromatic carbocycles. The van der Waals surface area contributed by atoms with Gasteiger partial charge in [0.15, 0.2) is 0 Å². The van der Waals surface area contributed by atoms with Crippen molar-refractivity contribution in [3.05, 3.63) is 0 Å². The van der Waals surface area contributed by atoms with E-state index in [0.29, 0.717) is 0 Å². The van der Waals surface area contributed by atoms with Crippen LogP contribution in [0.3, 0.4) is 0 Å². The van der Waals surface area contributed by atoms with Gasteiger partial charge in [0, 0.05) is 13.2 Å². The lowest BCUT2D eigenvalue weighted by molar-refractivity contribution is 0.128. The first-order valence-electron chi connectivity index (χ1n) is 5.43. The summed E-state index contributed by atoms with van der Waals surface area (Å²) in [5, 5.41) is 3.24. The predicted octanol–water partition coefficient (Wildman–Crippen LogP) is 2.29. The number of hydrogen-bond donors (Lipinski definition) is 1. The highest BCUT2D eigenvalue weighted by molar-refractivity contribution is 4.63. The molecule has 0 saturated heterocycles. The van der Waals surface area contributed by atoms with Crippen molar-refractivity contribution >= 4 is 0 Å². The molecular formula is C11H25NO. The van der Waals surface area contributed by atoms with Crippen molar-refractivity contribution in [3.8, 4) is 0 Å². The first-order valence-corrected chi connectivity index (χ1v) is 5.43. The van der Waals surface area contributed by atoms with Crippen molar-refractivity contribution in [1.82, 2.24) is 5.32 Å². The van der Waals surface area contributed by atoms with Gasteiger partial charge in [-0.2, -0.15) is 0 Å². The fourth-order valence-electron chi connectivity index (χ4n) is 1.65. The molecule has 0 spiro atoms. The molecule has 0 rings (SSSR count). The van der Waals surface area contributed by atoms with Gasteiger partial charge >= 0.3 is 0 Å². The van der Waals surface area contributed by atoms with E-state index in [0.717, 1.165) is 31.6 Å². The van der Waals surface area contributed by atoms with Crippen LogP contribution in [0.4, 0.5) is 0 Å². The van der Waals surface area contributed by atoms with Gasteiger partial charge in [-0.3, -0.25) is 0 Å². The summed E-state index contributed by atoms with van der Waals surface area (Å²) < 4.78 is 5.36. The third-order valence-corrected chi connectivity index (χ3v) is 2.17. The van der Waals surface area contributed by atoms with Crippen LogP contribution in [0.2, 0.25) is 0 Å². The lowest BCUT2D eigenvalue weighted by Gasteiger charge is -2.18. The smallest absolute Gasteiger partial charge is 0.0469 e. The average molecular weight is 187 g/mol. The van der Waals surface area contributed by atoms with E-state index in [9.17, 15) is 0 Å². The van der Waals surface area contributed by atoms with Gasteiger partial charge in [-0.25, -0.2) is 0 Å². The highest BCUT2D eigenvalue weighted by Gasteiger charge is 2.09. The molecule has 0 aliphatic rings. The van der Waals surface area contributed by atoms with Gasteiger partial charge in [0.2, 0.25) is 0 Å². The molecule has 2 nitrogen and oxygen atoms in total. The predicted molar refractivity (Wildman–Crippen MR) is 58.0 cm³/mol. The van der Waals surface area contributed by atoms with E-state index < -0.39 is 0 Å². The quantitative estimate of drug-likeness (QED) is 0.589. The molecule has 0 saturated carbocycles. The van der Waals surface area contributed by atoms with Crippen LogP contribution >= 0.6 is 0 Å². The topological polar surface area (TPSA) is 21.3 Å². The molecular weight excluding hydrogens is 162 g/mol. The minimum Gasteiger partial charge on any atom is -0.382 e. The molecule has 0 amide bonds. The first kappa shape index (κ1) is 12.9. The SMILES string of the molecule is CCOCCC(CNC)CC(C)C. The van der Waals surface area contributed by atoms with Crippen LogP contribution in [0.5, 0.6) is 0 Å². The van der Waals surface area contributed by atoms with Crippen LogP contribution in [-0.2, 0) is 4.74 Å². The number of hydrogen-bond acceptors (Lipinski definition) is 2. The van der Waals surface area contributed by atoms with Crippen molar-refractivity contribution in [2.24, 2.45) is 11.8 Å². The van der Waals surface area contributed by atoms with Gasteiger partial charge in [0.25, 0.3) is 0 Å². The van der Waals surface area contributed by atoms with Crippen LogP contribution in [0.15, 0.2) is 0 Å². The van der Waals surface area contributed by atoms with Crippen LogP contribution in [0.1, 0.15) is 33.6 Å². The Kier molecular flexibility index (Phi) is 8.46. The zero-order chi connectivity index (χ0) is 10.1. The standard InChI is InChI=1S/C11H25NO/c1-5-13-7-6-11(9-12-4)8-10(2)3/h10-12H,5-9H2,1-4H3. The molecule has 0 aliphatic carbocycles. The summed E-state index contributed by atoms with van der Waals surface area (Å²) >= 11 is 0. The fraction of sp³-hybridized carbons (Fsp3) is 1.00. The molecule has 80 valence electrons. The number of nitrogens with one attached hydrogen (secondary N) is 1. The largest absolute Gasteiger partial charge is 0.382 e. The summed E-state index contributed by atoms with van der Waals surface area (Å²) in [7, 11) is 2.02. The third kappa shape index (κ3) is 8.26. The van der Waals surface area contributed by atoms with Crippen molar-refractivity contribution in [1.29, 1.82) is 0 Å². The zero-order valence-electron chi connectivity index (χ0n) is 9.60. The summed E-state index contributed by atoms with van der Waals surface area (Å²) in [5.41, 5.74) is 0. The monoisotopic (exact) mass is 187 g/mol. The lowest BCUT2D eigenvalue weighted by atomic mass is 9.94. The van der Waals surface area contributed by atoms with Crippen molar-refractivity contribution in [2.75, 3.05) is 26.8 Å². The summed E-state index contributed by atoms with van der Waals surface area (Å²) in [6, 6.07) is 0. The van der Waals surface area contributed by atoms with E-state index in [1.165, 1.54) is 12.8 Å². The van der Waals surface area contributed by atoms with Crippen molar-refractivity contribution < 1.29 is 4.74 Å². The van der Waals surface area contributed by atoms with Gasteiger partial charge in [-0.15, -0.1) is 0 Å². The van der Waals surface area contributed by atoms with Gasteiger partial charge in [0.1, 0.15) is 0 Å². The van der Waals surface area contributed by atoms with Crippen molar-refractivity contribution in [3.63, 3.8) is 0 Å². The van der Waals surface area contributed by atoms with Gasteiger partial charge in [0.05, 0.1) is 0 Å². The van der Waals surface area contributed by atoms with E-state index in [1.807, 2.05) is 7.05 Å². The molecule has 1 N–H and O–H groups in total. The Morgan fingerprint density at radius 2 is 2.00 bits per heavy atom. The Hall–Kier alpha value is -0.0800. The summed E-state index contributed by atoms with van der Waals surface area (Å²) in [6.45, 7) is 9.48. The lowest BCUT2D eigenvalue weighted by Crippen LogP contribution is -2.21. The highest BCUT2D eigenvalue weighted by Crippen LogP contribution is 2.14. The highest BCUT2D eigenvalue weighted by atomic mass is 16.5. The second-order valence-corrected chi connectivity index (χ2v) is 4.04. The Morgan fingerprint density at radius 3 is 2.46 bits per heavy atom. The maximum Gasteiger partial charge on any atom is 0.0469 e. The minimum atomic E-state index is 0.775. The van der Waals surface area contributed by atoms with Crippen LogP contribution < -0.4 is 5.32 Å². The van der Waals surface area contributed by atoms with E-state index in [4.69, 9.17) is 4.74 Å². The molecule has 1 unspecified atom stereocenters. The van der Waals surface area contributed by atoms with Gasteiger partial charge in [-0.1, -0.05) is 13.8 Å². The molecule has 2 heteroatoms. The first-order chi connectivity index (χ1) is 6.20. The van der Waals surface area contributed by atoms with Gasteiger partial charge < -0.3 is 10.1 Å². The Morgan fingerprint density at radius 1 is 1.31 bits per heavy atom. The molecule has 0 radical (unpaired) electrons. The molecule has 13 heavy (non-hydrogen) atoms. The second kappa shape index (κ2) is 8.52. The van der Waals surface area contributed by atoms with E-state index >= 15 is 0 Å². The second-order valence-electron chi connectivity index (χ2n) is 4.04. The zero-order valence-corrected chi connectivity index (χ0v) is 9.60. The van der Waals surface area contributed by atoms with Crippen molar-refractivity contribution in [2.45, 2.75) is 33.6 Å². The molecule has 0 heterocycles. The van der Waals surface area contributed by atoms with Gasteiger partial charge in [-0.05, 0) is 45.2 Å². The minimum absolute atomic E-state index is 0.775. The molecule has 0 aliphatic heterocycles. The van der Waals surface area contributed by atoms with E-state index in [2.05, 4.69) is 26.1 Å². The van der Waals surface area contributed by atoms with E-state index in [1.54, 1.807) is 0 Å². The average Bonchev–Trinajstić information content (AvgIpc) is 2.04. The normalized spacial score (nSPS) is 13.6. The van der Waals surface area contributed by atoms with Crippen LogP contribution in [-0.4, -0.2) is 26.8 Å². The maximum absolute atomic E-state index is 5.36. The number of ether oxygens (including phenoxy) is 1. The third-order valence-electron chi connectivity index (χ3n) is 2.17. The molecule has 1 atom stereocenters. The Bertz CT molecular complexity index is 104. The molecule has 0 aromatic heterocycles.